The van der Waals surface area contributed by atoms with E-state index in [1.165, 1.54) is 12.1 Å². The Bertz CT molecular complexity index is 611. The Balaban J connectivity index is 2.16. The van der Waals surface area contributed by atoms with E-state index in [0.717, 1.165) is 23.3 Å². The van der Waals surface area contributed by atoms with Crippen molar-refractivity contribution in [2.45, 2.75) is 12.5 Å². The van der Waals surface area contributed by atoms with E-state index in [0.29, 0.717) is 0 Å². The van der Waals surface area contributed by atoms with E-state index in [-0.39, 0.29) is 16.7 Å². The Hall–Kier alpha value is -2.40. The van der Waals surface area contributed by atoms with Gasteiger partial charge in [0, 0.05) is 18.2 Å². The van der Waals surface area contributed by atoms with Crippen LogP contribution >= 0.6 is 0 Å². The van der Waals surface area contributed by atoms with Gasteiger partial charge in [0.05, 0.1) is 12.0 Å². The van der Waals surface area contributed by atoms with Gasteiger partial charge in [-0.05, 0) is 36.7 Å². The van der Waals surface area contributed by atoms with E-state index < -0.39 is 0 Å². The molecule has 0 bridgehead atoms. The van der Waals surface area contributed by atoms with Crippen LogP contribution in [0.2, 0.25) is 0 Å². The third kappa shape index (κ3) is 3.79. The first-order valence-corrected chi connectivity index (χ1v) is 6.68. The van der Waals surface area contributed by atoms with Crippen LogP contribution in [0.5, 0.6) is 5.75 Å². The Labute approximate surface area is 123 Å². The third-order valence-electron chi connectivity index (χ3n) is 3.43. The van der Waals surface area contributed by atoms with Crippen molar-refractivity contribution in [3.05, 3.63) is 69.8 Å². The Morgan fingerprint density at radius 2 is 1.95 bits per heavy atom. The number of nitrogens with zero attached hydrogens (tertiary/aromatic N) is 1. The standard InChI is InChI=1S/C16H18N2O3/c1-17-16(13-4-3-5-15(11-13)21-2)10-12-6-8-14(9-7-12)18(19)20/h3-9,11,16-17H,10H2,1-2H3. The van der Waals surface area contributed by atoms with Crippen molar-refractivity contribution in [3.8, 4) is 5.75 Å². The molecule has 0 heterocycles. The summed E-state index contributed by atoms with van der Waals surface area (Å²) < 4.78 is 5.24. The summed E-state index contributed by atoms with van der Waals surface area (Å²) in [5.74, 6) is 0.816. The van der Waals surface area contributed by atoms with Crippen LogP contribution in [0.1, 0.15) is 17.2 Å². The summed E-state index contributed by atoms with van der Waals surface area (Å²) in [4.78, 5) is 10.3. The number of nitro groups is 1. The average Bonchev–Trinajstić information content (AvgIpc) is 2.53. The second-order valence-electron chi connectivity index (χ2n) is 4.75. The highest BCUT2D eigenvalue weighted by Gasteiger charge is 2.12. The zero-order valence-corrected chi connectivity index (χ0v) is 12.1. The molecule has 0 aliphatic rings. The van der Waals surface area contributed by atoms with Gasteiger partial charge in [-0.3, -0.25) is 10.1 Å². The predicted molar refractivity (Wildman–Crippen MR) is 81.6 cm³/mol. The van der Waals surface area contributed by atoms with Gasteiger partial charge in [0.25, 0.3) is 5.69 Å². The van der Waals surface area contributed by atoms with Gasteiger partial charge < -0.3 is 10.1 Å². The Morgan fingerprint density at radius 1 is 1.24 bits per heavy atom. The maximum Gasteiger partial charge on any atom is 0.269 e. The summed E-state index contributed by atoms with van der Waals surface area (Å²) in [6, 6.07) is 14.7. The number of non-ortho nitro benzene ring substituents is 1. The molecule has 110 valence electrons. The van der Waals surface area contributed by atoms with Gasteiger partial charge in [-0.2, -0.15) is 0 Å². The lowest BCUT2D eigenvalue weighted by Gasteiger charge is -2.17. The molecule has 0 radical (unpaired) electrons. The molecule has 21 heavy (non-hydrogen) atoms. The van der Waals surface area contributed by atoms with Crippen molar-refractivity contribution >= 4 is 5.69 Å². The number of nitro benzene ring substituents is 1. The van der Waals surface area contributed by atoms with E-state index >= 15 is 0 Å². The van der Waals surface area contributed by atoms with Gasteiger partial charge in [-0.1, -0.05) is 24.3 Å². The second kappa shape index (κ2) is 6.85. The molecule has 1 unspecified atom stereocenters. The minimum atomic E-state index is -0.388. The fraction of sp³-hybridized carbons (Fsp3) is 0.250. The van der Waals surface area contributed by atoms with Crippen LogP contribution in [0.15, 0.2) is 48.5 Å². The summed E-state index contributed by atoms with van der Waals surface area (Å²) in [5, 5.41) is 13.9. The van der Waals surface area contributed by atoms with Crippen molar-refractivity contribution in [1.29, 1.82) is 0 Å². The zero-order valence-electron chi connectivity index (χ0n) is 12.1. The Kier molecular flexibility index (Phi) is 4.90. The van der Waals surface area contributed by atoms with E-state index in [1.807, 2.05) is 31.3 Å². The van der Waals surface area contributed by atoms with Crippen LogP contribution in [-0.2, 0) is 6.42 Å². The number of methoxy groups -OCH3 is 1. The molecule has 0 spiro atoms. The molecule has 0 saturated heterocycles. The largest absolute Gasteiger partial charge is 0.497 e. The third-order valence-corrected chi connectivity index (χ3v) is 3.43. The van der Waals surface area contributed by atoms with Crippen molar-refractivity contribution in [2.24, 2.45) is 0 Å². The van der Waals surface area contributed by atoms with E-state index in [1.54, 1.807) is 19.2 Å². The van der Waals surface area contributed by atoms with Gasteiger partial charge >= 0.3 is 0 Å². The minimum absolute atomic E-state index is 0.112. The molecule has 2 aromatic rings. The molecule has 1 N–H and O–H groups in total. The van der Waals surface area contributed by atoms with Crippen LogP contribution in [0.25, 0.3) is 0 Å². The zero-order chi connectivity index (χ0) is 15.2. The van der Waals surface area contributed by atoms with Crippen LogP contribution < -0.4 is 10.1 Å². The number of likely N-dealkylation sites (N-methyl/N-ethyl adjacent to an activating group) is 1. The average molecular weight is 286 g/mol. The molecule has 2 aromatic carbocycles. The lowest BCUT2D eigenvalue weighted by molar-refractivity contribution is -0.384. The number of nitrogens with one attached hydrogen (secondary N) is 1. The van der Waals surface area contributed by atoms with Crippen molar-refractivity contribution in [2.75, 3.05) is 14.2 Å². The summed E-state index contributed by atoms with van der Waals surface area (Å²) >= 11 is 0. The number of ether oxygens (including phenoxy) is 1. The topological polar surface area (TPSA) is 64.4 Å². The number of hydrogen-bond acceptors (Lipinski definition) is 4. The molecule has 0 aromatic heterocycles. The van der Waals surface area contributed by atoms with Gasteiger partial charge in [0.2, 0.25) is 0 Å². The monoisotopic (exact) mass is 286 g/mol. The first kappa shape index (κ1) is 15.0. The number of rotatable bonds is 6. The number of benzene rings is 2. The van der Waals surface area contributed by atoms with Gasteiger partial charge in [-0.25, -0.2) is 0 Å². The first-order valence-electron chi connectivity index (χ1n) is 6.68. The highest BCUT2D eigenvalue weighted by molar-refractivity contribution is 5.35. The normalized spacial score (nSPS) is 11.9. The van der Waals surface area contributed by atoms with Gasteiger partial charge in [0.15, 0.2) is 0 Å². The minimum Gasteiger partial charge on any atom is -0.497 e. The van der Waals surface area contributed by atoms with Crippen LogP contribution in [0.3, 0.4) is 0 Å². The van der Waals surface area contributed by atoms with Crippen LogP contribution in [0, 0.1) is 10.1 Å². The molecule has 5 heteroatoms. The number of hydrogen-bond donors (Lipinski definition) is 1. The molecule has 0 aliphatic carbocycles. The van der Waals surface area contributed by atoms with E-state index in [4.69, 9.17) is 4.74 Å². The molecular formula is C16H18N2O3. The SMILES string of the molecule is CNC(Cc1ccc([N+](=O)[O-])cc1)c1cccc(OC)c1. The fourth-order valence-electron chi connectivity index (χ4n) is 2.23. The molecule has 0 fully saturated rings. The summed E-state index contributed by atoms with van der Waals surface area (Å²) in [6.07, 6.45) is 0.752. The molecular weight excluding hydrogens is 268 g/mol. The molecule has 0 amide bonds. The van der Waals surface area contributed by atoms with Crippen molar-refractivity contribution in [1.82, 2.24) is 5.32 Å². The summed E-state index contributed by atoms with van der Waals surface area (Å²) in [6.45, 7) is 0. The smallest absolute Gasteiger partial charge is 0.269 e. The van der Waals surface area contributed by atoms with E-state index in [9.17, 15) is 10.1 Å². The van der Waals surface area contributed by atoms with Gasteiger partial charge in [0.1, 0.15) is 5.75 Å². The molecule has 0 aliphatic heterocycles. The first-order chi connectivity index (χ1) is 10.1. The highest BCUT2D eigenvalue weighted by atomic mass is 16.6. The Morgan fingerprint density at radius 3 is 2.52 bits per heavy atom. The maximum atomic E-state index is 10.7. The molecule has 1 atom stereocenters. The highest BCUT2D eigenvalue weighted by Crippen LogP contribution is 2.23. The van der Waals surface area contributed by atoms with E-state index in [2.05, 4.69) is 5.32 Å². The molecule has 5 nitrogen and oxygen atoms in total. The lowest BCUT2D eigenvalue weighted by Crippen LogP contribution is -2.18. The quantitative estimate of drug-likeness (QED) is 0.654. The lowest BCUT2D eigenvalue weighted by atomic mass is 9.98. The van der Waals surface area contributed by atoms with Crippen LogP contribution in [0.4, 0.5) is 5.69 Å². The maximum absolute atomic E-state index is 10.7. The van der Waals surface area contributed by atoms with Crippen molar-refractivity contribution in [3.63, 3.8) is 0 Å². The second-order valence-corrected chi connectivity index (χ2v) is 4.75. The van der Waals surface area contributed by atoms with Crippen LogP contribution in [-0.4, -0.2) is 19.1 Å². The van der Waals surface area contributed by atoms with Gasteiger partial charge in [-0.15, -0.1) is 0 Å². The predicted octanol–water partition coefficient (Wildman–Crippen LogP) is 3.11. The summed E-state index contributed by atoms with van der Waals surface area (Å²) in [5.41, 5.74) is 2.28. The fourth-order valence-corrected chi connectivity index (χ4v) is 2.23. The van der Waals surface area contributed by atoms with Crippen molar-refractivity contribution < 1.29 is 9.66 Å². The molecule has 2 rings (SSSR count). The molecule has 0 saturated carbocycles. The summed E-state index contributed by atoms with van der Waals surface area (Å²) in [7, 11) is 3.54.